The summed E-state index contributed by atoms with van der Waals surface area (Å²) in [6, 6.07) is -3.13. The number of benzene rings is 1. The third kappa shape index (κ3) is 0.964. The summed E-state index contributed by atoms with van der Waals surface area (Å²) < 4.78 is 40.4. The van der Waals surface area contributed by atoms with Crippen LogP contribution in [0.1, 0.15) is 5.48 Å². The van der Waals surface area contributed by atoms with Gasteiger partial charge in [-0.05, 0) is 12.1 Å². The van der Waals surface area contributed by atoms with Crippen molar-refractivity contribution in [3.05, 3.63) is 30.0 Å². The van der Waals surface area contributed by atoms with Gasteiger partial charge in [0.1, 0.15) is 11.6 Å². The van der Waals surface area contributed by atoms with E-state index in [-0.39, 0.29) is 0 Å². The quantitative estimate of drug-likeness (QED) is 0.545. The highest BCUT2D eigenvalue weighted by Crippen LogP contribution is 2.07. The van der Waals surface area contributed by atoms with Crippen LogP contribution in [0.2, 0.25) is 0 Å². The zero-order valence-electron chi connectivity index (χ0n) is 7.83. The van der Waals surface area contributed by atoms with E-state index in [1.54, 1.807) is 0 Å². The molecule has 1 aromatic carbocycles. The minimum absolute atomic E-state index is 0.689. The highest BCUT2D eigenvalue weighted by atomic mass is 19.1. The van der Waals surface area contributed by atoms with Gasteiger partial charge in [0.2, 0.25) is 0 Å². The van der Waals surface area contributed by atoms with Gasteiger partial charge in [0, 0.05) is 6.04 Å². The second-order valence-electron chi connectivity index (χ2n) is 1.16. The molecule has 0 aromatic heterocycles. The number of aromatic hydroxyl groups is 1. The monoisotopic (exact) mass is 116 g/mol. The van der Waals surface area contributed by atoms with Gasteiger partial charge in [-0.25, -0.2) is 4.39 Å². The number of halogens is 1. The van der Waals surface area contributed by atoms with Crippen LogP contribution in [0, 0.1) is 5.82 Å². The van der Waals surface area contributed by atoms with E-state index < -0.39 is 35.7 Å². The Labute approximate surface area is 52.0 Å². The fraction of sp³-hybridized carbons (Fsp3) is 0. The highest BCUT2D eigenvalue weighted by molar-refractivity contribution is 5.20. The van der Waals surface area contributed by atoms with Crippen LogP contribution in [0.4, 0.5) is 4.39 Å². The van der Waals surface area contributed by atoms with Crippen LogP contribution in [-0.2, 0) is 0 Å². The van der Waals surface area contributed by atoms with Gasteiger partial charge in [0.25, 0.3) is 0 Å². The van der Waals surface area contributed by atoms with Crippen molar-refractivity contribution < 1.29 is 15.0 Å². The Morgan fingerprint density at radius 3 is 3.12 bits per heavy atom. The smallest absolute Gasteiger partial charge is 0.126 e. The second-order valence-corrected chi connectivity index (χ2v) is 1.16. The Morgan fingerprint density at radius 1 is 1.62 bits per heavy atom. The van der Waals surface area contributed by atoms with Gasteiger partial charge in [-0.2, -0.15) is 0 Å². The third-order valence-corrected chi connectivity index (χ3v) is 0.581. The lowest BCUT2D eigenvalue weighted by atomic mass is 10.3. The van der Waals surface area contributed by atoms with Crippen molar-refractivity contribution in [3.63, 3.8) is 0 Å². The van der Waals surface area contributed by atoms with Crippen LogP contribution in [0.25, 0.3) is 0 Å². The van der Waals surface area contributed by atoms with Crippen LogP contribution in [-0.4, -0.2) is 5.11 Å². The van der Waals surface area contributed by atoms with Gasteiger partial charge < -0.3 is 5.11 Å². The van der Waals surface area contributed by atoms with Gasteiger partial charge >= 0.3 is 0 Å². The van der Waals surface area contributed by atoms with E-state index in [4.69, 9.17) is 10.6 Å². The Bertz CT molecular complexity index is 234. The van der Waals surface area contributed by atoms with Crippen LogP contribution >= 0.6 is 0 Å². The summed E-state index contributed by atoms with van der Waals surface area (Å²) in [4.78, 5) is 0. The minimum Gasteiger partial charge on any atom is -0.508 e. The summed E-state index contributed by atoms with van der Waals surface area (Å²) in [7, 11) is 0. The van der Waals surface area contributed by atoms with E-state index in [1.807, 2.05) is 0 Å². The zero-order chi connectivity index (χ0) is 9.46. The molecule has 0 saturated heterocycles. The molecule has 0 fully saturated rings. The van der Waals surface area contributed by atoms with Gasteiger partial charge in [-0.3, -0.25) is 0 Å². The lowest BCUT2D eigenvalue weighted by Crippen LogP contribution is -1.68. The number of rotatable bonds is 0. The van der Waals surface area contributed by atoms with Crippen molar-refractivity contribution in [2.45, 2.75) is 0 Å². The zero-order valence-corrected chi connectivity index (χ0v) is 3.83. The summed E-state index contributed by atoms with van der Waals surface area (Å²) >= 11 is 0. The van der Waals surface area contributed by atoms with Crippen molar-refractivity contribution in [1.29, 1.82) is 0 Å². The highest BCUT2D eigenvalue weighted by Gasteiger charge is 1.86. The number of phenols is 1. The molecule has 1 N–H and O–H groups in total. The molecule has 0 spiro atoms. The van der Waals surface area contributed by atoms with Crippen molar-refractivity contribution in [2.75, 3.05) is 0 Å². The average Bonchev–Trinajstić information content (AvgIpc) is 2.08. The molecule has 2 heteroatoms. The molecule has 0 amide bonds. The Hall–Kier alpha value is -1.05. The van der Waals surface area contributed by atoms with Crippen LogP contribution in [0.5, 0.6) is 5.75 Å². The maximum Gasteiger partial charge on any atom is 0.126 e. The normalized spacial score (nSPS) is 16.1. The van der Waals surface area contributed by atoms with E-state index in [9.17, 15) is 4.39 Å². The Morgan fingerprint density at radius 2 is 2.38 bits per heavy atom. The standard InChI is InChI=1S/C6H5FO/c7-5-2-1-3-6(8)4-5/h1-4,8H/i1D,2D,3D,4D. The first-order chi connectivity index (χ1) is 5.46. The largest absolute Gasteiger partial charge is 0.508 e. The van der Waals surface area contributed by atoms with Crippen molar-refractivity contribution >= 4 is 0 Å². The molecule has 0 bridgehead atoms. The molecule has 0 heterocycles. The molecule has 0 radical (unpaired) electrons. The fourth-order valence-electron chi connectivity index (χ4n) is 0.312. The molecule has 0 unspecified atom stereocenters. The number of hydrogen-bond acceptors (Lipinski definition) is 1. The van der Waals surface area contributed by atoms with Crippen LogP contribution < -0.4 is 0 Å². The average molecular weight is 116 g/mol. The summed E-state index contributed by atoms with van der Waals surface area (Å²) in [5.41, 5.74) is 0. The predicted molar refractivity (Wildman–Crippen MR) is 28.1 cm³/mol. The van der Waals surface area contributed by atoms with Crippen molar-refractivity contribution in [3.8, 4) is 5.75 Å². The minimum atomic E-state index is -1.27. The molecule has 0 aliphatic heterocycles. The third-order valence-electron chi connectivity index (χ3n) is 0.581. The summed E-state index contributed by atoms with van der Waals surface area (Å²) in [6.07, 6.45) is 0. The van der Waals surface area contributed by atoms with E-state index in [0.29, 0.717) is 0 Å². The molecule has 0 saturated carbocycles. The predicted octanol–water partition coefficient (Wildman–Crippen LogP) is 1.53. The van der Waals surface area contributed by atoms with Gasteiger partial charge in [0.15, 0.2) is 0 Å². The summed E-state index contributed by atoms with van der Waals surface area (Å²) in [6.45, 7) is 0. The van der Waals surface area contributed by atoms with Crippen molar-refractivity contribution in [1.82, 2.24) is 0 Å². The first kappa shape index (κ1) is 2.05. The lowest BCUT2D eigenvalue weighted by molar-refractivity contribution is 0.469. The first-order valence-corrected chi connectivity index (χ1v) is 1.91. The molecule has 1 nitrogen and oxygen atoms in total. The SMILES string of the molecule is [2H]c1c([2H])c(O)c([2H])c(F)c1[2H]. The van der Waals surface area contributed by atoms with E-state index in [2.05, 4.69) is 0 Å². The van der Waals surface area contributed by atoms with E-state index >= 15 is 0 Å². The molecular weight excluding hydrogens is 107 g/mol. The molecule has 42 valence electrons. The molecular formula is C6H5FO. The molecule has 0 aliphatic rings. The Kier molecular flexibility index (Phi) is 0.467. The number of phenolic OH excluding ortho intramolecular Hbond substituents is 1. The molecule has 1 rings (SSSR count). The summed E-state index contributed by atoms with van der Waals surface area (Å²) in [5, 5.41) is 8.87. The van der Waals surface area contributed by atoms with E-state index in [0.717, 1.165) is 0 Å². The van der Waals surface area contributed by atoms with Crippen LogP contribution in [0.15, 0.2) is 24.2 Å². The maximum absolute atomic E-state index is 12.7. The molecule has 0 aliphatic carbocycles. The molecule has 0 atom stereocenters. The lowest BCUT2D eigenvalue weighted by Gasteiger charge is -1.86. The maximum atomic E-state index is 12.7. The second kappa shape index (κ2) is 1.82. The van der Waals surface area contributed by atoms with Crippen molar-refractivity contribution in [2.24, 2.45) is 0 Å². The Balaban J connectivity index is 3.60. The summed E-state index contributed by atoms with van der Waals surface area (Å²) in [5.74, 6) is -2.16. The van der Waals surface area contributed by atoms with Gasteiger partial charge in [-0.1, -0.05) is 6.04 Å². The van der Waals surface area contributed by atoms with Gasteiger partial charge in [-0.15, -0.1) is 0 Å². The topological polar surface area (TPSA) is 20.2 Å². The fourth-order valence-corrected chi connectivity index (χ4v) is 0.312. The van der Waals surface area contributed by atoms with Gasteiger partial charge in [0.05, 0.1) is 5.48 Å². The molecule has 8 heavy (non-hydrogen) atoms. The van der Waals surface area contributed by atoms with Crippen LogP contribution in [0.3, 0.4) is 0 Å². The van der Waals surface area contributed by atoms with E-state index in [1.165, 1.54) is 0 Å². The molecule has 1 aromatic rings. The number of hydrogen-bond donors (Lipinski definition) is 1. The first-order valence-electron chi connectivity index (χ1n) is 3.91.